The third kappa shape index (κ3) is 3.22. The Morgan fingerprint density at radius 2 is 1.86 bits per heavy atom. The predicted molar refractivity (Wildman–Crippen MR) is 74.3 cm³/mol. The first-order valence-electron chi connectivity index (χ1n) is 6.40. The molecular formula is C15H16F3N3. The van der Waals surface area contributed by atoms with Crippen molar-refractivity contribution in [2.24, 2.45) is 5.84 Å². The maximum absolute atomic E-state index is 13.1. The summed E-state index contributed by atoms with van der Waals surface area (Å²) in [7, 11) is 0. The van der Waals surface area contributed by atoms with Gasteiger partial charge < -0.3 is 0 Å². The second-order valence-corrected chi connectivity index (χ2v) is 4.90. The molecule has 1 aromatic heterocycles. The summed E-state index contributed by atoms with van der Waals surface area (Å²) in [5, 5.41) is 0. The summed E-state index contributed by atoms with van der Waals surface area (Å²) in [5.74, 6) is 5.50. The first kappa shape index (κ1) is 15.5. The highest BCUT2D eigenvalue weighted by Gasteiger charge is 2.35. The van der Waals surface area contributed by atoms with Crippen LogP contribution in [0.5, 0.6) is 0 Å². The molecule has 2 rings (SSSR count). The van der Waals surface area contributed by atoms with Gasteiger partial charge in [-0.1, -0.05) is 24.3 Å². The molecular weight excluding hydrogens is 279 g/mol. The molecule has 0 spiro atoms. The van der Waals surface area contributed by atoms with E-state index in [0.717, 1.165) is 17.2 Å². The van der Waals surface area contributed by atoms with Gasteiger partial charge in [0.25, 0.3) is 0 Å². The smallest absolute Gasteiger partial charge is 0.271 e. The van der Waals surface area contributed by atoms with E-state index in [1.54, 1.807) is 19.2 Å². The first-order chi connectivity index (χ1) is 9.84. The van der Waals surface area contributed by atoms with E-state index < -0.39 is 17.8 Å². The average Bonchev–Trinajstić information content (AvgIpc) is 2.41. The Morgan fingerprint density at radius 1 is 1.19 bits per heavy atom. The fourth-order valence-corrected chi connectivity index (χ4v) is 2.35. The van der Waals surface area contributed by atoms with Crippen molar-refractivity contribution < 1.29 is 13.2 Å². The number of benzene rings is 1. The summed E-state index contributed by atoms with van der Waals surface area (Å²) >= 11 is 0. The highest BCUT2D eigenvalue weighted by atomic mass is 19.4. The zero-order valence-corrected chi connectivity index (χ0v) is 11.7. The Hall–Kier alpha value is -1.92. The van der Waals surface area contributed by atoms with Crippen LogP contribution in [0, 0.1) is 13.8 Å². The number of pyridine rings is 1. The lowest BCUT2D eigenvalue weighted by atomic mass is 9.95. The Morgan fingerprint density at radius 3 is 2.43 bits per heavy atom. The molecule has 1 aromatic carbocycles. The molecule has 6 heteroatoms. The molecule has 21 heavy (non-hydrogen) atoms. The number of hydrazine groups is 1. The molecule has 112 valence electrons. The van der Waals surface area contributed by atoms with Gasteiger partial charge in [0, 0.05) is 6.20 Å². The maximum Gasteiger partial charge on any atom is 0.416 e. The number of nitrogens with one attached hydrogen (secondary N) is 1. The van der Waals surface area contributed by atoms with E-state index in [2.05, 4.69) is 10.4 Å². The summed E-state index contributed by atoms with van der Waals surface area (Å²) in [4.78, 5) is 4.24. The third-order valence-electron chi connectivity index (χ3n) is 3.27. The molecule has 0 bridgehead atoms. The molecule has 3 N–H and O–H groups in total. The maximum atomic E-state index is 13.1. The molecule has 1 atom stereocenters. The number of aryl methyl sites for hydroxylation is 2. The molecule has 0 amide bonds. The van der Waals surface area contributed by atoms with Gasteiger partial charge >= 0.3 is 6.18 Å². The SMILES string of the molecule is Cc1cnc(C(NN)c2ccccc2C(F)(F)F)c(C)c1. The number of rotatable bonds is 3. The van der Waals surface area contributed by atoms with Crippen LogP contribution in [0.25, 0.3) is 0 Å². The van der Waals surface area contributed by atoms with Crippen molar-refractivity contribution in [3.05, 3.63) is 64.5 Å². The van der Waals surface area contributed by atoms with Gasteiger partial charge in [-0.2, -0.15) is 13.2 Å². The zero-order valence-electron chi connectivity index (χ0n) is 11.7. The Bertz CT molecular complexity index is 638. The van der Waals surface area contributed by atoms with E-state index in [9.17, 15) is 13.2 Å². The number of hydrogen-bond acceptors (Lipinski definition) is 3. The molecule has 2 aromatic rings. The van der Waals surface area contributed by atoms with E-state index in [0.29, 0.717) is 5.69 Å². The lowest BCUT2D eigenvalue weighted by molar-refractivity contribution is -0.138. The fourth-order valence-electron chi connectivity index (χ4n) is 2.35. The Kier molecular flexibility index (Phi) is 4.29. The van der Waals surface area contributed by atoms with Crippen molar-refractivity contribution in [2.75, 3.05) is 0 Å². The highest BCUT2D eigenvalue weighted by molar-refractivity contribution is 5.39. The molecule has 0 aliphatic rings. The Balaban J connectivity index is 2.57. The molecule has 0 radical (unpaired) electrons. The quantitative estimate of drug-likeness (QED) is 0.675. The van der Waals surface area contributed by atoms with Crippen LogP contribution in [-0.4, -0.2) is 4.98 Å². The lowest BCUT2D eigenvalue weighted by Gasteiger charge is -2.22. The Labute approximate surface area is 121 Å². The molecule has 0 aliphatic heterocycles. The molecule has 0 saturated carbocycles. The summed E-state index contributed by atoms with van der Waals surface area (Å²) in [6, 6.07) is 6.41. The van der Waals surface area contributed by atoms with Crippen molar-refractivity contribution in [3.63, 3.8) is 0 Å². The van der Waals surface area contributed by atoms with Crippen LogP contribution < -0.4 is 11.3 Å². The van der Waals surface area contributed by atoms with Crippen molar-refractivity contribution in [2.45, 2.75) is 26.1 Å². The van der Waals surface area contributed by atoms with Crippen LogP contribution in [-0.2, 0) is 6.18 Å². The highest BCUT2D eigenvalue weighted by Crippen LogP contribution is 2.36. The molecule has 3 nitrogen and oxygen atoms in total. The second kappa shape index (κ2) is 5.83. The normalized spacial score (nSPS) is 13.2. The number of hydrogen-bond donors (Lipinski definition) is 2. The van der Waals surface area contributed by atoms with Gasteiger partial charge in [-0.3, -0.25) is 10.8 Å². The second-order valence-electron chi connectivity index (χ2n) is 4.90. The van der Waals surface area contributed by atoms with E-state index in [-0.39, 0.29) is 5.56 Å². The summed E-state index contributed by atoms with van der Waals surface area (Å²) < 4.78 is 39.4. The first-order valence-corrected chi connectivity index (χ1v) is 6.40. The largest absolute Gasteiger partial charge is 0.416 e. The molecule has 1 heterocycles. The van der Waals surface area contributed by atoms with E-state index in [4.69, 9.17) is 5.84 Å². The van der Waals surface area contributed by atoms with E-state index in [1.165, 1.54) is 12.1 Å². The number of halogens is 3. The summed E-state index contributed by atoms with van der Waals surface area (Å²) in [6.45, 7) is 3.67. The van der Waals surface area contributed by atoms with Crippen LogP contribution in [0.4, 0.5) is 13.2 Å². The minimum absolute atomic E-state index is 0.0620. The predicted octanol–water partition coefficient (Wildman–Crippen LogP) is 3.27. The lowest BCUT2D eigenvalue weighted by Crippen LogP contribution is -2.31. The van der Waals surface area contributed by atoms with Gasteiger partial charge in [-0.15, -0.1) is 0 Å². The zero-order chi connectivity index (χ0) is 15.6. The van der Waals surface area contributed by atoms with Gasteiger partial charge in [0.05, 0.1) is 17.3 Å². The molecule has 1 unspecified atom stereocenters. The minimum atomic E-state index is -4.44. The van der Waals surface area contributed by atoms with Crippen molar-refractivity contribution >= 4 is 0 Å². The topological polar surface area (TPSA) is 50.9 Å². The molecule has 0 fully saturated rings. The van der Waals surface area contributed by atoms with Crippen molar-refractivity contribution in [3.8, 4) is 0 Å². The number of aromatic nitrogens is 1. The van der Waals surface area contributed by atoms with Crippen molar-refractivity contribution in [1.82, 2.24) is 10.4 Å². The average molecular weight is 295 g/mol. The van der Waals surface area contributed by atoms with Crippen LogP contribution in [0.2, 0.25) is 0 Å². The summed E-state index contributed by atoms with van der Waals surface area (Å²) in [6.07, 6.45) is -2.83. The molecule has 0 aliphatic carbocycles. The fraction of sp³-hybridized carbons (Fsp3) is 0.267. The molecule has 0 saturated heterocycles. The van der Waals surface area contributed by atoms with Gasteiger partial charge in [0.15, 0.2) is 0 Å². The van der Waals surface area contributed by atoms with Crippen LogP contribution in [0.3, 0.4) is 0 Å². The third-order valence-corrected chi connectivity index (χ3v) is 3.27. The van der Waals surface area contributed by atoms with Gasteiger partial charge in [0.2, 0.25) is 0 Å². The monoisotopic (exact) mass is 295 g/mol. The standard InChI is InChI=1S/C15H16F3N3/c1-9-7-10(2)13(20-8-9)14(21-19)11-5-3-4-6-12(11)15(16,17)18/h3-8,14,21H,19H2,1-2H3. The van der Waals surface area contributed by atoms with Crippen LogP contribution in [0.1, 0.15) is 34.0 Å². The van der Waals surface area contributed by atoms with Crippen LogP contribution in [0.15, 0.2) is 36.5 Å². The van der Waals surface area contributed by atoms with Gasteiger partial charge in [0.1, 0.15) is 0 Å². The number of alkyl halides is 3. The van der Waals surface area contributed by atoms with Gasteiger partial charge in [-0.25, -0.2) is 5.43 Å². The van der Waals surface area contributed by atoms with E-state index >= 15 is 0 Å². The van der Waals surface area contributed by atoms with E-state index in [1.807, 2.05) is 13.0 Å². The number of nitrogens with two attached hydrogens (primary N) is 1. The van der Waals surface area contributed by atoms with Crippen molar-refractivity contribution in [1.29, 1.82) is 0 Å². The summed E-state index contributed by atoms with van der Waals surface area (Å²) in [5.41, 5.74) is 4.01. The van der Waals surface area contributed by atoms with Gasteiger partial charge in [-0.05, 0) is 36.6 Å². The van der Waals surface area contributed by atoms with Crippen LogP contribution >= 0.6 is 0 Å². The number of nitrogens with zero attached hydrogens (tertiary/aromatic N) is 1. The minimum Gasteiger partial charge on any atom is -0.271 e.